The third-order valence-corrected chi connectivity index (χ3v) is 9.13. The van der Waals surface area contributed by atoms with Crippen molar-refractivity contribution in [3.8, 4) is 28.4 Å². The van der Waals surface area contributed by atoms with Crippen molar-refractivity contribution in [1.82, 2.24) is 30.6 Å². The lowest BCUT2D eigenvalue weighted by molar-refractivity contribution is -0.130. The summed E-state index contributed by atoms with van der Waals surface area (Å²) in [6.07, 6.45) is 8.31. The summed E-state index contributed by atoms with van der Waals surface area (Å²) in [6.45, 7) is 2.37. The SMILES string of the molecule is Cl.NC[C@H]1CC[C@H](C(=O)N(C(=O)[C@@H](N)Cc2ccc(-c3cnc(N4CCCCC4)nc3O)cc2)c2ccc(-c3nn[nH]n3)cc2)CC1. The maximum absolute atomic E-state index is 13.9. The number of anilines is 2. The molecule has 14 heteroatoms. The van der Waals surface area contributed by atoms with Gasteiger partial charge in [0.05, 0.1) is 17.3 Å². The number of nitrogens with zero attached hydrogens (tertiary/aromatic N) is 7. The number of aromatic nitrogens is 6. The summed E-state index contributed by atoms with van der Waals surface area (Å²) in [7, 11) is 0. The number of carbonyl (C=O) groups excluding carboxylic acids is 2. The minimum absolute atomic E-state index is 0. The molecule has 1 saturated heterocycles. The van der Waals surface area contributed by atoms with Crippen LogP contribution in [-0.4, -0.2) is 73.2 Å². The summed E-state index contributed by atoms with van der Waals surface area (Å²) >= 11 is 0. The molecule has 1 aliphatic heterocycles. The second-order valence-electron chi connectivity index (χ2n) is 12.2. The van der Waals surface area contributed by atoms with E-state index in [0.717, 1.165) is 49.9 Å². The summed E-state index contributed by atoms with van der Waals surface area (Å²) in [5.74, 6) is 0.269. The zero-order valence-corrected chi connectivity index (χ0v) is 27.0. The Bertz CT molecular complexity index is 1620. The van der Waals surface area contributed by atoms with Crippen LogP contribution < -0.4 is 21.3 Å². The minimum atomic E-state index is -0.965. The molecule has 13 nitrogen and oxygen atoms in total. The van der Waals surface area contributed by atoms with E-state index in [4.69, 9.17) is 11.5 Å². The minimum Gasteiger partial charge on any atom is -0.493 e. The number of aromatic hydroxyl groups is 1. The Morgan fingerprint density at radius 1 is 0.979 bits per heavy atom. The Balaban J connectivity index is 0.00000433. The van der Waals surface area contributed by atoms with Gasteiger partial charge in [-0.25, -0.2) is 9.88 Å². The number of halogens is 1. The molecule has 0 bridgehead atoms. The molecule has 2 aliphatic rings. The van der Waals surface area contributed by atoms with Crippen LogP contribution >= 0.6 is 12.4 Å². The summed E-state index contributed by atoms with van der Waals surface area (Å²) < 4.78 is 0. The van der Waals surface area contributed by atoms with Gasteiger partial charge in [0.25, 0.3) is 5.91 Å². The number of nitrogens with one attached hydrogen (secondary N) is 1. The van der Waals surface area contributed by atoms with Crippen LogP contribution in [-0.2, 0) is 16.0 Å². The van der Waals surface area contributed by atoms with Crippen LogP contribution in [0.2, 0.25) is 0 Å². The molecule has 2 aromatic carbocycles. The van der Waals surface area contributed by atoms with Crippen molar-refractivity contribution in [2.45, 2.75) is 57.4 Å². The van der Waals surface area contributed by atoms with Crippen molar-refractivity contribution < 1.29 is 14.7 Å². The van der Waals surface area contributed by atoms with E-state index in [1.165, 1.54) is 11.3 Å². The van der Waals surface area contributed by atoms with Gasteiger partial charge in [0.1, 0.15) is 0 Å². The normalized spacial score (nSPS) is 18.6. The van der Waals surface area contributed by atoms with E-state index in [0.29, 0.717) is 53.9 Å². The van der Waals surface area contributed by atoms with Gasteiger partial charge >= 0.3 is 0 Å². The lowest BCUT2D eigenvalue weighted by Gasteiger charge is -2.32. The molecule has 1 atom stereocenters. The molecule has 3 heterocycles. The van der Waals surface area contributed by atoms with Crippen molar-refractivity contribution in [2.75, 3.05) is 29.4 Å². The standard InChI is InChI=1S/C33H40N10O3.ClH/c34-19-22-6-10-25(11-7-22)31(45)43(26-14-12-24(13-15-26)29-38-40-41-39-29)32(46)28(35)18-21-4-8-23(9-5-21)27-20-36-33(37-30(27)44)42-16-2-1-3-17-42;/h4-5,8-9,12-15,20,22,25,28H,1-3,6-7,10-11,16-19,34-35H2,(H,36,37,44)(H,38,39,40,41);1H/t22-,25-,28-;/m0./s1. The van der Waals surface area contributed by atoms with E-state index in [-0.39, 0.29) is 36.5 Å². The molecular weight excluding hydrogens is 620 g/mol. The summed E-state index contributed by atoms with van der Waals surface area (Å²) in [5.41, 5.74) is 15.6. The van der Waals surface area contributed by atoms with Gasteiger partial charge in [-0.3, -0.25) is 9.59 Å². The van der Waals surface area contributed by atoms with Crippen LogP contribution in [0.5, 0.6) is 5.88 Å². The van der Waals surface area contributed by atoms with Crippen LogP contribution in [0.25, 0.3) is 22.5 Å². The fraction of sp³-hybridized carbons (Fsp3) is 0.424. The maximum atomic E-state index is 13.9. The number of piperidine rings is 1. The van der Waals surface area contributed by atoms with E-state index in [1.807, 2.05) is 24.3 Å². The molecule has 2 aromatic heterocycles. The van der Waals surface area contributed by atoms with Gasteiger partial charge in [-0.1, -0.05) is 24.3 Å². The molecule has 4 aromatic rings. The fourth-order valence-corrected chi connectivity index (χ4v) is 6.38. The zero-order valence-electron chi connectivity index (χ0n) is 26.2. The number of imide groups is 1. The van der Waals surface area contributed by atoms with E-state index >= 15 is 0 Å². The van der Waals surface area contributed by atoms with E-state index in [1.54, 1.807) is 30.5 Å². The van der Waals surface area contributed by atoms with Crippen LogP contribution in [0.4, 0.5) is 11.6 Å². The maximum Gasteiger partial charge on any atom is 0.251 e. The van der Waals surface area contributed by atoms with E-state index < -0.39 is 11.9 Å². The smallest absolute Gasteiger partial charge is 0.251 e. The van der Waals surface area contributed by atoms with Crippen LogP contribution in [0.1, 0.15) is 50.5 Å². The molecular formula is C33H41ClN10O3. The number of nitrogens with two attached hydrogens (primary N) is 2. The van der Waals surface area contributed by atoms with Crippen LogP contribution in [0.3, 0.4) is 0 Å². The monoisotopic (exact) mass is 660 g/mol. The van der Waals surface area contributed by atoms with Crippen LogP contribution in [0.15, 0.2) is 54.7 Å². The van der Waals surface area contributed by atoms with Gasteiger partial charge in [-0.2, -0.15) is 10.2 Å². The topological polar surface area (TPSA) is 193 Å². The molecule has 6 N–H and O–H groups in total. The second-order valence-corrected chi connectivity index (χ2v) is 12.2. The van der Waals surface area contributed by atoms with Gasteiger partial charge in [0, 0.05) is 30.8 Å². The van der Waals surface area contributed by atoms with Crippen LogP contribution in [0, 0.1) is 11.8 Å². The van der Waals surface area contributed by atoms with Gasteiger partial charge < -0.3 is 21.5 Å². The van der Waals surface area contributed by atoms with Crippen molar-refractivity contribution in [3.05, 3.63) is 60.3 Å². The Hall–Kier alpha value is -4.46. The van der Waals surface area contributed by atoms with Gasteiger partial charge in [0.15, 0.2) is 0 Å². The Labute approximate surface area is 279 Å². The highest BCUT2D eigenvalue weighted by Gasteiger charge is 2.35. The second kappa shape index (κ2) is 15.4. The fourth-order valence-electron chi connectivity index (χ4n) is 6.38. The number of hydrogen-bond donors (Lipinski definition) is 4. The number of hydrogen-bond acceptors (Lipinski definition) is 11. The average Bonchev–Trinajstić information content (AvgIpc) is 3.65. The molecule has 47 heavy (non-hydrogen) atoms. The first-order valence-corrected chi connectivity index (χ1v) is 16.0. The summed E-state index contributed by atoms with van der Waals surface area (Å²) in [5, 5.41) is 24.7. The Kier molecular flexibility index (Phi) is 11.1. The summed E-state index contributed by atoms with van der Waals surface area (Å²) in [4.78, 5) is 40.0. The molecule has 2 amide bonds. The summed E-state index contributed by atoms with van der Waals surface area (Å²) in [6, 6.07) is 13.4. The quantitative estimate of drug-likeness (QED) is 0.205. The predicted molar refractivity (Wildman–Crippen MR) is 181 cm³/mol. The zero-order chi connectivity index (χ0) is 32.0. The first kappa shape index (κ1) is 33.9. The average molecular weight is 661 g/mol. The third kappa shape index (κ3) is 7.75. The Morgan fingerprint density at radius 2 is 1.66 bits per heavy atom. The number of rotatable bonds is 9. The molecule has 0 spiro atoms. The lowest BCUT2D eigenvalue weighted by Crippen LogP contribution is -2.50. The molecule has 0 radical (unpaired) electrons. The molecule has 2 fully saturated rings. The molecule has 248 valence electrons. The highest BCUT2D eigenvalue weighted by molar-refractivity contribution is 6.17. The number of aromatic amines is 1. The molecule has 1 saturated carbocycles. The molecule has 0 unspecified atom stereocenters. The lowest BCUT2D eigenvalue weighted by atomic mass is 9.81. The number of tetrazole rings is 1. The first-order valence-electron chi connectivity index (χ1n) is 16.0. The molecule has 1 aliphatic carbocycles. The van der Waals surface area contributed by atoms with Crippen molar-refractivity contribution in [3.63, 3.8) is 0 Å². The first-order chi connectivity index (χ1) is 22.4. The number of carbonyl (C=O) groups is 2. The van der Waals surface area contributed by atoms with Crippen molar-refractivity contribution >= 4 is 35.9 Å². The van der Waals surface area contributed by atoms with Gasteiger partial charge in [0.2, 0.25) is 23.6 Å². The van der Waals surface area contributed by atoms with Crippen molar-refractivity contribution in [2.24, 2.45) is 23.3 Å². The largest absolute Gasteiger partial charge is 0.493 e. The van der Waals surface area contributed by atoms with Crippen molar-refractivity contribution in [1.29, 1.82) is 0 Å². The predicted octanol–water partition coefficient (Wildman–Crippen LogP) is 3.64. The number of benzene rings is 2. The highest BCUT2D eigenvalue weighted by atomic mass is 35.5. The molecule has 6 rings (SSSR count). The Morgan fingerprint density at radius 3 is 2.28 bits per heavy atom. The number of H-pyrrole nitrogens is 1. The van der Waals surface area contributed by atoms with E-state index in [2.05, 4.69) is 35.5 Å². The van der Waals surface area contributed by atoms with Gasteiger partial charge in [-0.05, 0) is 104 Å². The van der Waals surface area contributed by atoms with E-state index in [9.17, 15) is 14.7 Å². The van der Waals surface area contributed by atoms with Gasteiger partial charge in [-0.15, -0.1) is 22.6 Å². The highest BCUT2D eigenvalue weighted by Crippen LogP contribution is 2.33. The third-order valence-electron chi connectivity index (χ3n) is 9.13. The number of amides is 2.